The summed E-state index contributed by atoms with van der Waals surface area (Å²) < 4.78 is 4.80. The number of rotatable bonds is 7. The highest BCUT2D eigenvalue weighted by molar-refractivity contribution is 8.14. The number of nitrogens with zero attached hydrogens (tertiary/aromatic N) is 1. The van der Waals surface area contributed by atoms with Crippen LogP contribution in [0.2, 0.25) is 0 Å². The minimum Gasteiger partial charge on any atom is -0.385 e. The van der Waals surface area contributed by atoms with E-state index in [4.69, 9.17) is 4.74 Å². The summed E-state index contributed by atoms with van der Waals surface area (Å²) in [5, 5.41) is 4.46. The molecule has 0 aliphatic carbocycles. The lowest BCUT2D eigenvalue weighted by Crippen LogP contribution is -2.44. The lowest BCUT2D eigenvalue weighted by Gasteiger charge is -2.12. The first-order valence-electron chi connectivity index (χ1n) is 6.08. The van der Waals surface area contributed by atoms with Crippen molar-refractivity contribution in [3.63, 3.8) is 0 Å². The first-order chi connectivity index (χ1) is 9.56. The molecule has 1 heterocycles. The second-order valence-corrected chi connectivity index (χ2v) is 4.88. The van der Waals surface area contributed by atoms with Crippen molar-refractivity contribution < 1.29 is 23.9 Å². The van der Waals surface area contributed by atoms with Gasteiger partial charge in [-0.05, 0) is 6.42 Å². The number of hydrogen-bond acceptors (Lipinski definition) is 6. The molecule has 0 atom stereocenters. The maximum absolute atomic E-state index is 11.4. The van der Waals surface area contributed by atoms with E-state index >= 15 is 0 Å². The van der Waals surface area contributed by atoms with Crippen molar-refractivity contribution in [2.45, 2.75) is 6.42 Å². The second kappa shape index (κ2) is 8.54. The van der Waals surface area contributed by atoms with Crippen LogP contribution in [0.15, 0.2) is 0 Å². The number of carbonyl (C=O) groups excluding carboxylic acids is 4. The van der Waals surface area contributed by atoms with E-state index in [1.54, 1.807) is 7.11 Å². The summed E-state index contributed by atoms with van der Waals surface area (Å²) in [6.07, 6.45) is 0.615. The summed E-state index contributed by atoms with van der Waals surface area (Å²) in [5.41, 5.74) is 0. The van der Waals surface area contributed by atoms with Gasteiger partial charge >= 0.3 is 11.8 Å². The Balaban J connectivity index is 2.17. The average Bonchev–Trinajstić information content (AvgIpc) is 2.74. The molecule has 0 saturated carbocycles. The van der Waals surface area contributed by atoms with Crippen molar-refractivity contribution in [3.8, 4) is 0 Å². The molecular formula is C11H17N3O5S. The Morgan fingerprint density at radius 3 is 2.45 bits per heavy atom. The third kappa shape index (κ3) is 5.17. The number of amides is 4. The Labute approximate surface area is 120 Å². The zero-order valence-electron chi connectivity index (χ0n) is 11.1. The van der Waals surface area contributed by atoms with Gasteiger partial charge in [-0.3, -0.25) is 24.1 Å². The molecule has 4 amide bonds. The summed E-state index contributed by atoms with van der Waals surface area (Å²) in [4.78, 5) is 46.3. The Morgan fingerprint density at radius 1 is 1.25 bits per heavy atom. The molecule has 0 bridgehead atoms. The molecule has 0 aromatic carbocycles. The molecule has 2 N–H and O–H groups in total. The molecule has 20 heavy (non-hydrogen) atoms. The minimum absolute atomic E-state index is 0.0579. The monoisotopic (exact) mass is 303 g/mol. The van der Waals surface area contributed by atoms with Crippen LogP contribution in [0.5, 0.6) is 0 Å². The smallest absolute Gasteiger partial charge is 0.309 e. The lowest BCUT2D eigenvalue weighted by molar-refractivity contribution is -0.139. The van der Waals surface area contributed by atoms with Crippen LogP contribution in [-0.4, -0.2) is 67.0 Å². The van der Waals surface area contributed by atoms with Crippen molar-refractivity contribution >= 4 is 34.7 Å². The molecule has 0 spiro atoms. The maximum atomic E-state index is 11.4. The van der Waals surface area contributed by atoms with Crippen LogP contribution in [0.3, 0.4) is 0 Å². The van der Waals surface area contributed by atoms with E-state index in [-0.39, 0.29) is 30.0 Å². The number of ether oxygens (including phenoxy) is 1. The molecule has 1 aliphatic rings. The summed E-state index contributed by atoms with van der Waals surface area (Å²) in [5.74, 6) is -1.67. The van der Waals surface area contributed by atoms with E-state index in [1.807, 2.05) is 0 Å². The SMILES string of the molecule is COCCCNC(=O)C(=O)NCCN1C(=O)CSC1=O. The van der Waals surface area contributed by atoms with E-state index in [2.05, 4.69) is 10.6 Å². The molecule has 1 saturated heterocycles. The van der Waals surface area contributed by atoms with Gasteiger partial charge in [-0.1, -0.05) is 11.8 Å². The molecular weight excluding hydrogens is 286 g/mol. The van der Waals surface area contributed by atoms with Crippen LogP contribution in [0, 0.1) is 0 Å². The molecule has 8 nitrogen and oxygen atoms in total. The Morgan fingerprint density at radius 2 is 1.90 bits per heavy atom. The average molecular weight is 303 g/mol. The Hall–Kier alpha value is -1.61. The number of carbonyl (C=O) groups is 4. The summed E-state index contributed by atoms with van der Waals surface area (Å²) >= 11 is 0.928. The van der Waals surface area contributed by atoms with Gasteiger partial charge in [0, 0.05) is 33.4 Å². The molecule has 1 fully saturated rings. The van der Waals surface area contributed by atoms with E-state index in [1.165, 1.54) is 0 Å². The highest BCUT2D eigenvalue weighted by Gasteiger charge is 2.29. The zero-order chi connectivity index (χ0) is 15.0. The van der Waals surface area contributed by atoms with Gasteiger partial charge in [0.25, 0.3) is 5.24 Å². The first-order valence-corrected chi connectivity index (χ1v) is 7.07. The molecule has 1 aliphatic heterocycles. The number of hydrogen-bond donors (Lipinski definition) is 2. The lowest BCUT2D eigenvalue weighted by atomic mass is 10.4. The number of methoxy groups -OCH3 is 1. The molecule has 1 rings (SSSR count). The molecule has 0 unspecified atom stereocenters. The fourth-order valence-electron chi connectivity index (χ4n) is 1.46. The van der Waals surface area contributed by atoms with Crippen LogP contribution >= 0.6 is 11.8 Å². The van der Waals surface area contributed by atoms with Gasteiger partial charge in [0.05, 0.1) is 5.75 Å². The highest BCUT2D eigenvalue weighted by atomic mass is 32.2. The van der Waals surface area contributed by atoms with Crippen LogP contribution in [0.4, 0.5) is 4.79 Å². The maximum Gasteiger partial charge on any atom is 0.309 e. The second-order valence-electron chi connectivity index (χ2n) is 3.96. The van der Waals surface area contributed by atoms with E-state index in [9.17, 15) is 19.2 Å². The van der Waals surface area contributed by atoms with Crippen molar-refractivity contribution in [2.75, 3.05) is 39.1 Å². The van der Waals surface area contributed by atoms with Gasteiger partial charge in [0.1, 0.15) is 0 Å². The van der Waals surface area contributed by atoms with E-state index in [0.29, 0.717) is 19.6 Å². The van der Waals surface area contributed by atoms with Crippen molar-refractivity contribution in [2.24, 2.45) is 0 Å². The predicted molar refractivity (Wildman–Crippen MR) is 72.1 cm³/mol. The quantitative estimate of drug-likeness (QED) is 0.459. The summed E-state index contributed by atoms with van der Waals surface area (Å²) in [6.45, 7) is 0.980. The molecule has 112 valence electrons. The van der Waals surface area contributed by atoms with Crippen LogP contribution in [0.25, 0.3) is 0 Å². The third-order valence-electron chi connectivity index (χ3n) is 2.48. The van der Waals surface area contributed by atoms with Crippen molar-refractivity contribution in [1.82, 2.24) is 15.5 Å². The normalized spacial score (nSPS) is 14.6. The molecule has 9 heteroatoms. The van der Waals surface area contributed by atoms with Gasteiger partial charge < -0.3 is 15.4 Å². The molecule has 0 radical (unpaired) electrons. The summed E-state index contributed by atoms with van der Waals surface area (Å²) in [7, 11) is 1.55. The van der Waals surface area contributed by atoms with E-state index < -0.39 is 11.8 Å². The van der Waals surface area contributed by atoms with Gasteiger partial charge in [-0.25, -0.2) is 0 Å². The molecule has 0 aromatic heterocycles. The fourth-order valence-corrected chi connectivity index (χ4v) is 2.21. The minimum atomic E-state index is -0.783. The standard InChI is InChI=1S/C11H17N3O5S/c1-19-6-2-3-12-9(16)10(17)13-4-5-14-8(15)7-20-11(14)18/h2-7H2,1H3,(H,12,16)(H,13,17). The Kier molecular flexibility index (Phi) is 7.02. The fraction of sp³-hybridized carbons (Fsp3) is 0.636. The number of nitrogens with one attached hydrogen (secondary N) is 2. The largest absolute Gasteiger partial charge is 0.385 e. The predicted octanol–water partition coefficient (Wildman–Crippen LogP) is -1.05. The van der Waals surface area contributed by atoms with Gasteiger partial charge in [-0.15, -0.1) is 0 Å². The topological polar surface area (TPSA) is 105 Å². The van der Waals surface area contributed by atoms with Crippen molar-refractivity contribution in [3.05, 3.63) is 0 Å². The van der Waals surface area contributed by atoms with Gasteiger partial charge in [-0.2, -0.15) is 0 Å². The number of imide groups is 1. The summed E-state index contributed by atoms with van der Waals surface area (Å²) in [6, 6.07) is 0. The van der Waals surface area contributed by atoms with Crippen LogP contribution in [0.1, 0.15) is 6.42 Å². The zero-order valence-corrected chi connectivity index (χ0v) is 12.0. The van der Waals surface area contributed by atoms with Crippen LogP contribution < -0.4 is 10.6 Å². The van der Waals surface area contributed by atoms with Crippen LogP contribution in [-0.2, 0) is 19.1 Å². The first kappa shape index (κ1) is 16.4. The third-order valence-corrected chi connectivity index (χ3v) is 3.34. The van der Waals surface area contributed by atoms with Gasteiger partial charge in [0.2, 0.25) is 5.91 Å². The highest BCUT2D eigenvalue weighted by Crippen LogP contribution is 2.17. The van der Waals surface area contributed by atoms with Gasteiger partial charge in [0.15, 0.2) is 0 Å². The Bertz CT molecular complexity index is 386. The van der Waals surface area contributed by atoms with E-state index in [0.717, 1.165) is 16.7 Å². The molecule has 0 aromatic rings. The number of thioether (sulfide) groups is 1. The van der Waals surface area contributed by atoms with Crippen molar-refractivity contribution in [1.29, 1.82) is 0 Å².